The Hall–Kier alpha value is -2.56. The minimum atomic E-state index is -0.989. The number of carboxylic acid groups (broad SMARTS) is 1. The summed E-state index contributed by atoms with van der Waals surface area (Å²) in [5, 5.41) is 9.12. The highest BCUT2D eigenvalue weighted by atomic mass is 79.9. The maximum atomic E-state index is 12.5. The van der Waals surface area contributed by atoms with Gasteiger partial charge in [-0.3, -0.25) is 19.4 Å². The topological polar surface area (TPSA) is 87.1 Å². The maximum Gasteiger partial charge on any atom is 0.335 e. The van der Waals surface area contributed by atoms with Crippen LogP contribution in [-0.4, -0.2) is 51.9 Å². The molecule has 2 aromatic rings. The fourth-order valence-corrected chi connectivity index (χ4v) is 4.46. The highest BCUT2D eigenvalue weighted by molar-refractivity contribution is 9.11. The van der Waals surface area contributed by atoms with Gasteiger partial charge in [-0.2, -0.15) is 0 Å². The molecule has 0 aromatic heterocycles. The SMILES string of the molecule is CN1C(=O)C(=Cc2cc(Br)c(OCc3ccc(C(=O)O)cc3)c(Br)c2)C(=O)N(C)C1=S. The summed E-state index contributed by atoms with van der Waals surface area (Å²) < 4.78 is 7.09. The van der Waals surface area contributed by atoms with Crippen molar-refractivity contribution in [2.24, 2.45) is 0 Å². The van der Waals surface area contributed by atoms with Crippen LogP contribution in [0.1, 0.15) is 21.5 Å². The van der Waals surface area contributed by atoms with Crippen LogP contribution in [0, 0.1) is 0 Å². The van der Waals surface area contributed by atoms with Crippen molar-refractivity contribution >= 4 is 73.0 Å². The largest absolute Gasteiger partial charge is 0.487 e. The summed E-state index contributed by atoms with van der Waals surface area (Å²) in [6.07, 6.45) is 1.50. The quantitative estimate of drug-likeness (QED) is 0.333. The van der Waals surface area contributed by atoms with Gasteiger partial charge in [0.05, 0.1) is 14.5 Å². The van der Waals surface area contributed by atoms with Crippen molar-refractivity contribution in [3.63, 3.8) is 0 Å². The van der Waals surface area contributed by atoms with Gasteiger partial charge in [-0.1, -0.05) is 12.1 Å². The molecule has 0 unspecified atom stereocenters. The van der Waals surface area contributed by atoms with Crippen molar-refractivity contribution < 1.29 is 24.2 Å². The highest BCUT2D eigenvalue weighted by Crippen LogP contribution is 2.36. The minimum absolute atomic E-state index is 0.00425. The van der Waals surface area contributed by atoms with Gasteiger partial charge < -0.3 is 9.84 Å². The lowest BCUT2D eigenvalue weighted by atomic mass is 10.1. The zero-order valence-corrected chi connectivity index (χ0v) is 20.4. The summed E-state index contributed by atoms with van der Waals surface area (Å²) >= 11 is 12.0. The average molecular weight is 568 g/mol. The average Bonchev–Trinajstić information content (AvgIpc) is 2.73. The summed E-state index contributed by atoms with van der Waals surface area (Å²) in [5.74, 6) is -1.39. The van der Waals surface area contributed by atoms with E-state index in [-0.39, 0.29) is 22.9 Å². The van der Waals surface area contributed by atoms with Gasteiger partial charge in [0, 0.05) is 14.1 Å². The predicted octanol–water partition coefficient (Wildman–Crippen LogP) is 4.09. The van der Waals surface area contributed by atoms with E-state index in [1.807, 2.05) is 0 Å². The van der Waals surface area contributed by atoms with Gasteiger partial charge in [-0.25, -0.2) is 4.79 Å². The van der Waals surface area contributed by atoms with Crippen molar-refractivity contribution in [1.29, 1.82) is 0 Å². The lowest BCUT2D eigenvalue weighted by molar-refractivity contribution is -0.132. The molecule has 2 amide bonds. The molecule has 1 saturated heterocycles. The van der Waals surface area contributed by atoms with Gasteiger partial charge >= 0.3 is 5.97 Å². The first kappa shape index (κ1) is 23.1. The molecule has 10 heteroatoms. The molecule has 0 radical (unpaired) electrons. The number of halogens is 2. The smallest absolute Gasteiger partial charge is 0.335 e. The van der Waals surface area contributed by atoms with Gasteiger partial charge in [0.1, 0.15) is 17.9 Å². The normalized spacial score (nSPS) is 14.2. The minimum Gasteiger partial charge on any atom is -0.487 e. The van der Waals surface area contributed by atoms with Gasteiger partial charge in [0.25, 0.3) is 11.8 Å². The van der Waals surface area contributed by atoms with Crippen molar-refractivity contribution in [3.8, 4) is 5.75 Å². The fraction of sp³-hybridized carbons (Fsp3) is 0.143. The van der Waals surface area contributed by atoms with Crippen LogP contribution in [0.5, 0.6) is 5.75 Å². The van der Waals surface area contributed by atoms with E-state index in [2.05, 4.69) is 31.9 Å². The molecule has 3 rings (SSSR count). The molecule has 1 aliphatic rings. The van der Waals surface area contributed by atoms with Crippen LogP contribution in [0.15, 0.2) is 50.9 Å². The summed E-state index contributed by atoms with van der Waals surface area (Å²) in [6.45, 7) is 0.224. The van der Waals surface area contributed by atoms with E-state index in [1.54, 1.807) is 24.3 Å². The lowest BCUT2D eigenvalue weighted by Gasteiger charge is -2.31. The molecule has 0 bridgehead atoms. The second-order valence-corrected chi connectivity index (χ2v) is 8.75. The Morgan fingerprint density at radius 3 is 2.06 bits per heavy atom. The van der Waals surface area contributed by atoms with Crippen LogP contribution in [0.4, 0.5) is 0 Å². The number of rotatable bonds is 5. The molecule has 0 aliphatic carbocycles. The van der Waals surface area contributed by atoms with E-state index in [0.717, 1.165) is 5.56 Å². The number of thiocarbonyl (C=S) groups is 1. The predicted molar refractivity (Wildman–Crippen MR) is 126 cm³/mol. The van der Waals surface area contributed by atoms with Crippen molar-refractivity contribution in [2.75, 3.05) is 14.1 Å². The molecule has 1 aliphatic heterocycles. The van der Waals surface area contributed by atoms with E-state index in [0.29, 0.717) is 20.3 Å². The second-order valence-electron chi connectivity index (χ2n) is 6.67. The highest BCUT2D eigenvalue weighted by Gasteiger charge is 2.35. The third-order valence-corrected chi connectivity index (χ3v) is 6.29. The van der Waals surface area contributed by atoms with Crippen molar-refractivity contribution in [1.82, 2.24) is 9.80 Å². The number of aromatic carboxylic acids is 1. The molecular weight excluding hydrogens is 552 g/mol. The maximum absolute atomic E-state index is 12.5. The summed E-state index contributed by atoms with van der Waals surface area (Å²) in [4.78, 5) is 38.4. The number of hydrogen-bond donors (Lipinski definition) is 1. The number of amides is 2. The van der Waals surface area contributed by atoms with Gasteiger partial charge in [-0.05, 0) is 85.5 Å². The van der Waals surface area contributed by atoms with E-state index >= 15 is 0 Å². The Bertz CT molecular complexity index is 1080. The van der Waals surface area contributed by atoms with E-state index < -0.39 is 17.8 Å². The van der Waals surface area contributed by atoms with Crippen LogP contribution in [0.2, 0.25) is 0 Å². The first-order chi connectivity index (χ1) is 14.6. The standard InChI is InChI=1S/C21H16Br2N2O5S/c1-24-18(26)14(19(27)25(2)21(24)31)7-12-8-15(22)17(16(23)9-12)30-10-11-3-5-13(6-4-11)20(28)29/h3-9H,10H2,1-2H3,(H,28,29). The van der Waals surface area contributed by atoms with Crippen LogP contribution < -0.4 is 4.74 Å². The van der Waals surface area contributed by atoms with Crippen LogP contribution in [-0.2, 0) is 16.2 Å². The van der Waals surface area contributed by atoms with E-state index in [4.69, 9.17) is 22.1 Å². The Labute approximate surface area is 200 Å². The van der Waals surface area contributed by atoms with Crippen LogP contribution >= 0.6 is 44.1 Å². The van der Waals surface area contributed by atoms with E-state index in [9.17, 15) is 14.4 Å². The number of carbonyl (C=O) groups excluding carboxylic acids is 2. The van der Waals surface area contributed by atoms with Gasteiger partial charge in [-0.15, -0.1) is 0 Å². The number of likely N-dealkylation sites (N-methyl/N-ethyl adjacent to an activating group) is 2. The van der Waals surface area contributed by atoms with Crippen LogP contribution in [0.25, 0.3) is 6.08 Å². The number of hydrogen-bond acceptors (Lipinski definition) is 5. The van der Waals surface area contributed by atoms with Gasteiger partial charge in [0.2, 0.25) is 0 Å². The molecule has 0 saturated carbocycles. The lowest BCUT2D eigenvalue weighted by Crippen LogP contribution is -2.52. The molecule has 1 heterocycles. The van der Waals surface area contributed by atoms with E-state index in [1.165, 1.54) is 42.1 Å². The second kappa shape index (κ2) is 9.29. The molecule has 0 spiro atoms. The number of carboxylic acids is 1. The number of carbonyl (C=O) groups is 3. The molecule has 2 aromatic carbocycles. The monoisotopic (exact) mass is 566 g/mol. The van der Waals surface area contributed by atoms with Gasteiger partial charge in [0.15, 0.2) is 5.11 Å². The zero-order chi connectivity index (χ0) is 22.9. The third-order valence-electron chi connectivity index (χ3n) is 4.56. The summed E-state index contributed by atoms with van der Waals surface area (Å²) in [6, 6.07) is 9.85. The number of nitrogens with zero attached hydrogens (tertiary/aromatic N) is 2. The van der Waals surface area contributed by atoms with Crippen LogP contribution in [0.3, 0.4) is 0 Å². The molecule has 1 fully saturated rings. The summed E-state index contributed by atoms with van der Waals surface area (Å²) in [5.41, 5.74) is 1.62. The Kier molecular flexibility index (Phi) is 6.93. The molecule has 7 nitrogen and oxygen atoms in total. The molecular formula is C21H16Br2N2O5S. The molecule has 0 atom stereocenters. The fourth-order valence-electron chi connectivity index (χ4n) is 2.84. The summed E-state index contributed by atoms with van der Waals surface area (Å²) in [7, 11) is 3.04. The van der Waals surface area contributed by atoms with Crippen molar-refractivity contribution in [2.45, 2.75) is 6.61 Å². The van der Waals surface area contributed by atoms with Crippen molar-refractivity contribution in [3.05, 3.63) is 67.6 Å². The number of ether oxygens (including phenoxy) is 1. The molecule has 31 heavy (non-hydrogen) atoms. The zero-order valence-electron chi connectivity index (χ0n) is 16.4. The Morgan fingerprint density at radius 1 is 1.06 bits per heavy atom. The molecule has 160 valence electrons. The molecule has 1 N–H and O–H groups in total. The first-order valence-electron chi connectivity index (χ1n) is 8.86. The Balaban J connectivity index is 1.82. The number of benzene rings is 2. The Morgan fingerprint density at radius 2 is 1.58 bits per heavy atom. The third kappa shape index (κ3) is 4.86. The first-order valence-corrected chi connectivity index (χ1v) is 10.9.